The molecule has 2 rings (SSSR count). The molecule has 0 saturated carbocycles. The number of carbonyl (C=O) groups is 2. The van der Waals surface area contributed by atoms with Crippen LogP contribution >= 0.6 is 24.8 Å². The fraction of sp³-hybridized carbons (Fsp3) is 0.846. The van der Waals surface area contributed by atoms with Gasteiger partial charge in [0, 0.05) is 39.1 Å². The van der Waals surface area contributed by atoms with E-state index in [-0.39, 0.29) is 36.6 Å². The first-order valence-corrected chi connectivity index (χ1v) is 7.18. The third-order valence-corrected chi connectivity index (χ3v) is 3.90. The van der Waals surface area contributed by atoms with Crippen molar-refractivity contribution in [3.05, 3.63) is 0 Å². The number of amides is 2. The van der Waals surface area contributed by atoms with E-state index in [2.05, 4.69) is 4.90 Å². The first-order valence-electron chi connectivity index (χ1n) is 7.18. The molecule has 0 aromatic carbocycles. The van der Waals surface area contributed by atoms with Gasteiger partial charge in [0.05, 0.1) is 6.54 Å². The average Bonchev–Trinajstić information content (AvgIpc) is 2.92. The van der Waals surface area contributed by atoms with Crippen molar-refractivity contribution in [3.8, 4) is 0 Å². The van der Waals surface area contributed by atoms with Crippen LogP contribution in [-0.4, -0.2) is 78.9 Å². The highest BCUT2D eigenvalue weighted by atomic mass is 35.5. The van der Waals surface area contributed by atoms with Gasteiger partial charge in [-0.25, -0.2) is 0 Å². The third-order valence-electron chi connectivity index (χ3n) is 3.90. The van der Waals surface area contributed by atoms with Gasteiger partial charge in [0.1, 0.15) is 0 Å². The van der Waals surface area contributed by atoms with Gasteiger partial charge < -0.3 is 15.5 Å². The number of rotatable bonds is 4. The Morgan fingerprint density at radius 3 is 1.76 bits per heavy atom. The topological polar surface area (TPSA) is 69.9 Å². The summed E-state index contributed by atoms with van der Waals surface area (Å²) in [5, 5.41) is 0. The lowest BCUT2D eigenvalue weighted by atomic mass is 10.2. The minimum Gasteiger partial charge on any atom is -0.339 e. The number of hydrogen-bond donors (Lipinski definition) is 1. The van der Waals surface area contributed by atoms with E-state index in [9.17, 15) is 9.59 Å². The molecule has 2 N–H and O–H groups in total. The largest absolute Gasteiger partial charge is 0.339 e. The molecule has 0 unspecified atom stereocenters. The minimum atomic E-state index is 0. The lowest BCUT2D eigenvalue weighted by Gasteiger charge is -2.35. The molecular weight excluding hydrogens is 315 g/mol. The van der Waals surface area contributed by atoms with Gasteiger partial charge in [-0.05, 0) is 25.9 Å². The summed E-state index contributed by atoms with van der Waals surface area (Å²) in [6.45, 7) is 5.62. The van der Waals surface area contributed by atoms with Crippen molar-refractivity contribution in [3.63, 3.8) is 0 Å². The van der Waals surface area contributed by atoms with Gasteiger partial charge in [-0.2, -0.15) is 0 Å². The zero-order valence-corrected chi connectivity index (χ0v) is 14.0. The van der Waals surface area contributed by atoms with Gasteiger partial charge in [0.15, 0.2) is 0 Å². The Kier molecular flexibility index (Phi) is 9.94. The predicted molar refractivity (Wildman–Crippen MR) is 87.0 cm³/mol. The van der Waals surface area contributed by atoms with Crippen LogP contribution in [0.1, 0.15) is 19.3 Å². The lowest BCUT2D eigenvalue weighted by Crippen LogP contribution is -2.52. The Labute approximate surface area is 138 Å². The van der Waals surface area contributed by atoms with Crippen molar-refractivity contribution in [2.24, 2.45) is 5.73 Å². The van der Waals surface area contributed by atoms with Crippen LogP contribution in [0.3, 0.4) is 0 Å². The van der Waals surface area contributed by atoms with Crippen LogP contribution in [0.15, 0.2) is 0 Å². The molecule has 2 aliphatic rings. The summed E-state index contributed by atoms with van der Waals surface area (Å²) in [6, 6.07) is 0. The number of halogens is 2. The second-order valence-electron chi connectivity index (χ2n) is 5.28. The molecule has 0 aliphatic carbocycles. The van der Waals surface area contributed by atoms with Crippen molar-refractivity contribution in [2.45, 2.75) is 19.3 Å². The monoisotopic (exact) mass is 340 g/mol. The quantitative estimate of drug-likeness (QED) is 0.778. The van der Waals surface area contributed by atoms with Crippen molar-refractivity contribution in [1.29, 1.82) is 0 Å². The molecule has 21 heavy (non-hydrogen) atoms. The predicted octanol–water partition coefficient (Wildman–Crippen LogP) is -0.0546. The SMILES string of the molecule is Cl.Cl.NCCC(=O)N1CCN(C(=O)CN2CCCC2)CC1. The van der Waals surface area contributed by atoms with Crippen molar-refractivity contribution in [1.82, 2.24) is 14.7 Å². The molecule has 2 fully saturated rings. The molecule has 2 heterocycles. The summed E-state index contributed by atoms with van der Waals surface area (Å²) < 4.78 is 0. The van der Waals surface area contributed by atoms with Gasteiger partial charge in [0.25, 0.3) is 0 Å². The van der Waals surface area contributed by atoms with E-state index in [0.29, 0.717) is 45.7 Å². The van der Waals surface area contributed by atoms with Crippen molar-refractivity contribution in [2.75, 3.05) is 52.4 Å². The van der Waals surface area contributed by atoms with E-state index in [0.717, 1.165) is 13.1 Å². The first-order chi connectivity index (χ1) is 9.20. The Bertz CT molecular complexity index is 330. The average molecular weight is 341 g/mol. The molecule has 2 amide bonds. The zero-order chi connectivity index (χ0) is 13.7. The maximum atomic E-state index is 12.1. The molecule has 0 aromatic heterocycles. The summed E-state index contributed by atoms with van der Waals surface area (Å²) in [5.74, 6) is 0.307. The summed E-state index contributed by atoms with van der Waals surface area (Å²) >= 11 is 0. The highest BCUT2D eigenvalue weighted by Crippen LogP contribution is 2.09. The van der Waals surface area contributed by atoms with Gasteiger partial charge in [0.2, 0.25) is 11.8 Å². The highest BCUT2D eigenvalue weighted by Gasteiger charge is 2.25. The van der Waals surface area contributed by atoms with Crippen LogP contribution in [0, 0.1) is 0 Å². The maximum absolute atomic E-state index is 12.1. The van der Waals surface area contributed by atoms with Crippen LogP contribution in [-0.2, 0) is 9.59 Å². The standard InChI is InChI=1S/C13H24N4O2.2ClH/c14-4-3-12(18)16-7-9-17(10-8-16)13(19)11-15-5-1-2-6-15;;/h1-11,14H2;2*1H. The second-order valence-corrected chi connectivity index (χ2v) is 5.28. The molecule has 2 aliphatic heterocycles. The van der Waals surface area contributed by atoms with E-state index < -0.39 is 0 Å². The Morgan fingerprint density at radius 1 is 0.810 bits per heavy atom. The number of nitrogens with zero attached hydrogens (tertiary/aromatic N) is 3. The minimum absolute atomic E-state index is 0. The molecule has 0 bridgehead atoms. The first kappa shape index (κ1) is 20.4. The molecule has 124 valence electrons. The van der Waals surface area contributed by atoms with Gasteiger partial charge in [-0.1, -0.05) is 0 Å². The molecule has 8 heteroatoms. The molecule has 0 spiro atoms. The lowest BCUT2D eigenvalue weighted by molar-refractivity contribution is -0.140. The van der Waals surface area contributed by atoms with Crippen LogP contribution in [0.5, 0.6) is 0 Å². The fourth-order valence-corrected chi connectivity index (χ4v) is 2.72. The third kappa shape index (κ3) is 5.98. The maximum Gasteiger partial charge on any atom is 0.236 e. The normalized spacial score (nSPS) is 18.9. The van der Waals surface area contributed by atoms with E-state index >= 15 is 0 Å². The fourth-order valence-electron chi connectivity index (χ4n) is 2.72. The summed E-state index contributed by atoms with van der Waals surface area (Å²) in [5.41, 5.74) is 5.39. The van der Waals surface area contributed by atoms with Crippen LogP contribution in [0.25, 0.3) is 0 Å². The van der Waals surface area contributed by atoms with Gasteiger partial charge in [-0.15, -0.1) is 24.8 Å². The Balaban J connectivity index is 0.00000200. The number of nitrogens with two attached hydrogens (primary N) is 1. The number of likely N-dealkylation sites (tertiary alicyclic amines) is 1. The van der Waals surface area contributed by atoms with Crippen LogP contribution < -0.4 is 5.73 Å². The number of hydrogen-bond acceptors (Lipinski definition) is 4. The second kappa shape index (κ2) is 10.2. The number of carbonyl (C=O) groups excluding carboxylic acids is 2. The van der Waals surface area contributed by atoms with E-state index in [1.165, 1.54) is 12.8 Å². The van der Waals surface area contributed by atoms with Crippen LogP contribution in [0.4, 0.5) is 0 Å². The number of piperazine rings is 1. The molecule has 0 atom stereocenters. The Hall–Kier alpha value is -0.560. The zero-order valence-electron chi connectivity index (χ0n) is 12.3. The summed E-state index contributed by atoms with van der Waals surface area (Å²) in [7, 11) is 0. The van der Waals surface area contributed by atoms with Crippen molar-refractivity contribution >= 4 is 36.6 Å². The summed E-state index contributed by atoms with van der Waals surface area (Å²) in [6.07, 6.45) is 2.81. The van der Waals surface area contributed by atoms with Crippen LogP contribution in [0.2, 0.25) is 0 Å². The molecule has 0 aromatic rings. The molecule has 6 nitrogen and oxygen atoms in total. The van der Waals surface area contributed by atoms with E-state index in [1.54, 1.807) is 0 Å². The van der Waals surface area contributed by atoms with E-state index in [4.69, 9.17) is 5.73 Å². The Morgan fingerprint density at radius 2 is 1.29 bits per heavy atom. The van der Waals surface area contributed by atoms with Crippen molar-refractivity contribution < 1.29 is 9.59 Å². The van der Waals surface area contributed by atoms with Gasteiger partial charge >= 0.3 is 0 Å². The highest BCUT2D eigenvalue weighted by molar-refractivity contribution is 5.85. The molecular formula is C13H26Cl2N4O2. The molecule has 0 radical (unpaired) electrons. The summed E-state index contributed by atoms with van der Waals surface area (Å²) in [4.78, 5) is 29.7. The van der Waals surface area contributed by atoms with E-state index in [1.807, 2.05) is 9.80 Å². The van der Waals surface area contributed by atoms with Gasteiger partial charge in [-0.3, -0.25) is 14.5 Å². The smallest absolute Gasteiger partial charge is 0.236 e. The molecule has 2 saturated heterocycles.